The molecule has 0 aromatic heterocycles. The first kappa shape index (κ1) is 32.1. The first-order chi connectivity index (χ1) is 25.1. The highest BCUT2D eigenvalue weighted by Gasteiger charge is 2.47. The van der Waals surface area contributed by atoms with Gasteiger partial charge in [0.25, 0.3) is 0 Å². The summed E-state index contributed by atoms with van der Waals surface area (Å²) in [6.45, 7) is 11.2. The van der Waals surface area contributed by atoms with E-state index in [0.29, 0.717) is 0 Å². The Morgan fingerprint density at radius 1 is 0.686 bits per heavy atom. The predicted molar refractivity (Wildman–Crippen MR) is 207 cm³/mol. The Bertz CT molecular complexity index is 2110. The van der Waals surface area contributed by atoms with E-state index in [4.69, 9.17) is 18.9 Å². The Hall–Kier alpha value is -4.78. The second kappa shape index (κ2) is 12.8. The molecule has 6 heteroatoms. The quantitative estimate of drug-likeness (QED) is 0.171. The number of anilines is 2. The van der Waals surface area contributed by atoms with Gasteiger partial charge in [-0.2, -0.15) is 0 Å². The van der Waals surface area contributed by atoms with Gasteiger partial charge in [0.15, 0.2) is 5.60 Å². The average molecular weight is 679 g/mol. The van der Waals surface area contributed by atoms with Crippen LogP contribution in [0.4, 0.5) is 11.4 Å². The summed E-state index contributed by atoms with van der Waals surface area (Å²) in [5.41, 5.74) is 10.3. The lowest BCUT2D eigenvalue weighted by molar-refractivity contribution is 0.122. The molecule has 9 rings (SSSR count). The van der Waals surface area contributed by atoms with Gasteiger partial charge in [-0.15, -0.1) is 0 Å². The molecule has 260 valence electrons. The van der Waals surface area contributed by atoms with Crippen LogP contribution >= 0.6 is 0 Å². The van der Waals surface area contributed by atoms with Crippen molar-refractivity contribution < 1.29 is 18.9 Å². The fourth-order valence-corrected chi connectivity index (χ4v) is 9.22. The fraction of sp³-hybridized carbons (Fsp3) is 0.333. The van der Waals surface area contributed by atoms with Gasteiger partial charge in [0.05, 0.1) is 33.5 Å². The second-order valence-electron chi connectivity index (χ2n) is 14.2. The van der Waals surface area contributed by atoms with E-state index in [1.54, 1.807) is 7.11 Å². The number of rotatable bonds is 7. The maximum Gasteiger partial charge on any atom is 0.178 e. The molecule has 5 aromatic carbocycles. The standard InChI is InChI=1S/C45H46N2O4/c1-4-44(5-2)40-9-7-6-8-37(40)41-36-19-16-34(47-24-28-50-29-25-47)30-39(36)43-38(42(41)44)20-21-45(51-43,32-12-17-35(48-3)18-13-32)31-10-14-33(15-11-31)46-22-26-49-27-23-46/h6-21,30H,4-5,22-29H2,1-3H3. The van der Waals surface area contributed by atoms with Crippen molar-refractivity contribution in [1.82, 2.24) is 0 Å². The Morgan fingerprint density at radius 2 is 1.29 bits per heavy atom. The highest BCUT2D eigenvalue weighted by molar-refractivity contribution is 6.09. The van der Waals surface area contributed by atoms with Crippen molar-refractivity contribution in [3.8, 4) is 22.6 Å². The van der Waals surface area contributed by atoms with Gasteiger partial charge in [0.1, 0.15) is 11.5 Å². The average Bonchev–Trinajstić information content (AvgIpc) is 3.52. The number of fused-ring (bicyclic) bond motifs is 8. The van der Waals surface area contributed by atoms with Crippen LogP contribution in [-0.4, -0.2) is 59.7 Å². The second-order valence-corrected chi connectivity index (χ2v) is 14.2. The van der Waals surface area contributed by atoms with Crippen LogP contribution in [0.3, 0.4) is 0 Å². The topological polar surface area (TPSA) is 43.4 Å². The van der Waals surface area contributed by atoms with E-state index in [2.05, 4.69) is 115 Å². The highest BCUT2D eigenvalue weighted by Crippen LogP contribution is 2.60. The Morgan fingerprint density at radius 3 is 1.94 bits per heavy atom. The van der Waals surface area contributed by atoms with Crippen molar-refractivity contribution in [2.45, 2.75) is 37.7 Å². The maximum atomic E-state index is 7.71. The molecule has 3 aliphatic heterocycles. The largest absolute Gasteiger partial charge is 0.497 e. The highest BCUT2D eigenvalue weighted by atomic mass is 16.5. The van der Waals surface area contributed by atoms with Gasteiger partial charge >= 0.3 is 0 Å². The van der Waals surface area contributed by atoms with Crippen molar-refractivity contribution in [1.29, 1.82) is 0 Å². The fourth-order valence-electron chi connectivity index (χ4n) is 9.22. The summed E-state index contributed by atoms with van der Waals surface area (Å²) in [6, 6.07) is 33.5. The number of benzene rings is 5. The normalized spacial score (nSPS) is 20.5. The molecule has 1 unspecified atom stereocenters. The number of hydrogen-bond acceptors (Lipinski definition) is 6. The van der Waals surface area contributed by atoms with E-state index < -0.39 is 5.60 Å². The first-order valence-electron chi connectivity index (χ1n) is 18.6. The Kier molecular flexibility index (Phi) is 8.05. The van der Waals surface area contributed by atoms with Crippen LogP contribution in [0.15, 0.2) is 97.1 Å². The molecule has 1 atom stereocenters. The molecular weight excluding hydrogens is 633 g/mol. The van der Waals surface area contributed by atoms with Crippen LogP contribution in [-0.2, 0) is 20.5 Å². The molecule has 0 bridgehead atoms. The van der Waals surface area contributed by atoms with Gasteiger partial charge in [0.2, 0.25) is 0 Å². The SMILES string of the molecule is CCC1(CC)c2ccccc2-c2c1c1c(c3cc(N4CCOCC4)ccc23)OC(c2ccc(OC)cc2)(c2ccc(N3CCOCC3)cc2)C=C1. The van der Waals surface area contributed by atoms with Crippen molar-refractivity contribution in [2.24, 2.45) is 0 Å². The zero-order chi connectivity index (χ0) is 34.6. The number of morpholine rings is 2. The molecule has 0 N–H and O–H groups in total. The van der Waals surface area contributed by atoms with Crippen LogP contribution < -0.4 is 19.3 Å². The molecule has 0 spiro atoms. The van der Waals surface area contributed by atoms with Gasteiger partial charge in [-0.25, -0.2) is 0 Å². The van der Waals surface area contributed by atoms with Gasteiger partial charge in [-0.1, -0.05) is 74.5 Å². The lowest BCUT2D eigenvalue weighted by Crippen LogP contribution is -2.37. The van der Waals surface area contributed by atoms with E-state index in [9.17, 15) is 0 Å². The number of ether oxygens (including phenoxy) is 4. The van der Waals surface area contributed by atoms with Crippen molar-refractivity contribution in [3.05, 3.63) is 125 Å². The molecule has 51 heavy (non-hydrogen) atoms. The van der Waals surface area contributed by atoms with E-state index in [1.165, 1.54) is 44.6 Å². The molecule has 4 aliphatic rings. The summed E-state index contributed by atoms with van der Waals surface area (Å²) >= 11 is 0. The van der Waals surface area contributed by atoms with Crippen LogP contribution in [0, 0.1) is 0 Å². The molecule has 1 aliphatic carbocycles. The van der Waals surface area contributed by atoms with Gasteiger partial charge in [-0.3, -0.25) is 0 Å². The zero-order valence-electron chi connectivity index (χ0n) is 29.9. The summed E-state index contributed by atoms with van der Waals surface area (Å²) in [6.07, 6.45) is 6.71. The molecule has 3 heterocycles. The predicted octanol–water partition coefficient (Wildman–Crippen LogP) is 8.96. The third-order valence-electron chi connectivity index (χ3n) is 12.0. The summed E-state index contributed by atoms with van der Waals surface area (Å²) in [7, 11) is 1.72. The van der Waals surface area contributed by atoms with Gasteiger partial charge in [-0.05, 0) is 83.0 Å². The van der Waals surface area contributed by atoms with Crippen LogP contribution in [0.25, 0.3) is 28.0 Å². The molecule has 0 radical (unpaired) electrons. The third-order valence-corrected chi connectivity index (χ3v) is 12.0. The molecule has 5 aromatic rings. The first-order valence-corrected chi connectivity index (χ1v) is 18.6. The summed E-state index contributed by atoms with van der Waals surface area (Å²) in [5.74, 6) is 1.78. The van der Waals surface area contributed by atoms with E-state index in [0.717, 1.165) is 93.5 Å². The minimum absolute atomic E-state index is 0.110. The summed E-state index contributed by atoms with van der Waals surface area (Å²) < 4.78 is 24.7. The van der Waals surface area contributed by atoms with Crippen molar-refractivity contribution in [3.63, 3.8) is 0 Å². The Labute approximate surface area is 301 Å². The van der Waals surface area contributed by atoms with Crippen molar-refractivity contribution in [2.75, 3.05) is 69.5 Å². The molecule has 2 fully saturated rings. The minimum Gasteiger partial charge on any atom is -0.497 e. The number of methoxy groups -OCH3 is 1. The monoisotopic (exact) mass is 678 g/mol. The molecule has 6 nitrogen and oxygen atoms in total. The summed E-state index contributed by atoms with van der Waals surface area (Å²) in [4.78, 5) is 4.84. The van der Waals surface area contributed by atoms with Gasteiger partial charge < -0.3 is 28.7 Å². The molecule has 0 saturated carbocycles. The smallest absolute Gasteiger partial charge is 0.178 e. The molecule has 0 amide bonds. The van der Waals surface area contributed by atoms with Gasteiger partial charge in [0, 0.05) is 65.0 Å². The Balaban J connectivity index is 1.29. The molecular formula is C45H46N2O4. The number of nitrogens with zero attached hydrogens (tertiary/aromatic N) is 2. The summed E-state index contributed by atoms with van der Waals surface area (Å²) in [5, 5.41) is 2.40. The van der Waals surface area contributed by atoms with E-state index in [1.807, 2.05) is 12.1 Å². The molecule has 2 saturated heterocycles. The van der Waals surface area contributed by atoms with E-state index >= 15 is 0 Å². The minimum atomic E-state index is -0.856. The van der Waals surface area contributed by atoms with Crippen LogP contribution in [0.5, 0.6) is 11.5 Å². The van der Waals surface area contributed by atoms with Crippen LogP contribution in [0.1, 0.15) is 54.5 Å². The zero-order valence-corrected chi connectivity index (χ0v) is 29.9. The number of hydrogen-bond donors (Lipinski definition) is 0. The van der Waals surface area contributed by atoms with Crippen molar-refractivity contribution >= 4 is 28.2 Å². The lowest BCUT2D eigenvalue weighted by atomic mass is 9.71. The van der Waals surface area contributed by atoms with Crippen LogP contribution in [0.2, 0.25) is 0 Å². The maximum absolute atomic E-state index is 7.71. The third kappa shape index (κ3) is 4.98. The lowest BCUT2D eigenvalue weighted by Gasteiger charge is -2.40. The van der Waals surface area contributed by atoms with E-state index in [-0.39, 0.29) is 5.41 Å².